The highest BCUT2D eigenvalue weighted by molar-refractivity contribution is 6.36. The van der Waals surface area contributed by atoms with E-state index in [9.17, 15) is 4.79 Å². The van der Waals surface area contributed by atoms with E-state index in [1.54, 1.807) is 30.5 Å². The third-order valence-corrected chi connectivity index (χ3v) is 2.92. The molecule has 2 aromatic rings. The summed E-state index contributed by atoms with van der Waals surface area (Å²) in [4.78, 5) is 19.2. The quantitative estimate of drug-likeness (QED) is 0.409. The number of aromatic amines is 1. The molecule has 0 unspecified atom stereocenters. The molecule has 0 fully saturated rings. The first kappa shape index (κ1) is 14.3. The number of halogens is 2. The second kappa shape index (κ2) is 6.36. The van der Waals surface area contributed by atoms with Crippen molar-refractivity contribution in [1.82, 2.24) is 0 Å². The van der Waals surface area contributed by atoms with Crippen LogP contribution in [0.15, 0.2) is 47.9 Å². The lowest BCUT2D eigenvalue weighted by molar-refractivity contribution is -0.378. The van der Waals surface area contributed by atoms with E-state index in [1.165, 1.54) is 12.3 Å². The molecular formula is C13H10Cl2N3O2+. The predicted molar refractivity (Wildman–Crippen MR) is 75.6 cm³/mol. The summed E-state index contributed by atoms with van der Waals surface area (Å²) in [5.41, 5.74) is 6.47. The van der Waals surface area contributed by atoms with Gasteiger partial charge in [0.2, 0.25) is 0 Å². The second-order valence-electron chi connectivity index (χ2n) is 3.77. The standard InChI is InChI=1S/C13H9Cl2N3O2/c14-9-3-4-10(11(15)6-9)12(16)18-20-13(19)8-2-1-5-17-7-8/h1-7H,(H2,16,18)/p+1. The van der Waals surface area contributed by atoms with E-state index in [4.69, 9.17) is 33.8 Å². The maximum Gasteiger partial charge on any atom is 0.371 e. The molecule has 0 amide bonds. The van der Waals surface area contributed by atoms with E-state index in [-0.39, 0.29) is 5.84 Å². The van der Waals surface area contributed by atoms with Crippen LogP contribution in [0.3, 0.4) is 0 Å². The van der Waals surface area contributed by atoms with Crippen LogP contribution in [0.25, 0.3) is 0 Å². The van der Waals surface area contributed by atoms with Gasteiger partial charge in [0.05, 0.1) is 5.02 Å². The molecule has 0 aliphatic heterocycles. The Labute approximate surface area is 125 Å². The minimum Gasteiger partial charge on any atom is -0.380 e. The number of aromatic nitrogens is 1. The number of nitrogens with zero attached hydrogens (tertiary/aromatic N) is 1. The van der Waals surface area contributed by atoms with Crippen molar-refractivity contribution in [3.05, 3.63) is 63.9 Å². The number of carbonyl (C=O) groups is 1. The van der Waals surface area contributed by atoms with Crippen molar-refractivity contribution in [2.75, 3.05) is 0 Å². The molecule has 0 aliphatic rings. The van der Waals surface area contributed by atoms with Gasteiger partial charge in [0.25, 0.3) is 0 Å². The van der Waals surface area contributed by atoms with Gasteiger partial charge in [-0.15, -0.1) is 0 Å². The number of nitrogens with one attached hydrogen (secondary N) is 1. The summed E-state index contributed by atoms with van der Waals surface area (Å²) in [5, 5.41) is 4.36. The van der Waals surface area contributed by atoms with Gasteiger partial charge in [-0.1, -0.05) is 28.4 Å². The Morgan fingerprint density at radius 3 is 2.75 bits per heavy atom. The minimum absolute atomic E-state index is 0.0140. The molecule has 0 radical (unpaired) electrons. The van der Waals surface area contributed by atoms with Crippen molar-refractivity contribution < 1.29 is 14.6 Å². The topological polar surface area (TPSA) is 78.8 Å². The number of oxime groups is 1. The van der Waals surface area contributed by atoms with Gasteiger partial charge in [0.1, 0.15) is 5.56 Å². The van der Waals surface area contributed by atoms with Crippen LogP contribution in [0.4, 0.5) is 0 Å². The summed E-state index contributed by atoms with van der Waals surface area (Å²) < 4.78 is 0. The third kappa shape index (κ3) is 3.46. The molecule has 1 aromatic heterocycles. The van der Waals surface area contributed by atoms with Crippen LogP contribution in [-0.4, -0.2) is 11.8 Å². The zero-order valence-corrected chi connectivity index (χ0v) is 11.7. The Morgan fingerprint density at radius 2 is 2.10 bits per heavy atom. The van der Waals surface area contributed by atoms with E-state index in [1.807, 2.05) is 0 Å². The van der Waals surface area contributed by atoms with Crippen LogP contribution in [0.1, 0.15) is 15.9 Å². The van der Waals surface area contributed by atoms with E-state index < -0.39 is 5.97 Å². The lowest BCUT2D eigenvalue weighted by atomic mass is 10.2. The van der Waals surface area contributed by atoms with Crippen LogP contribution >= 0.6 is 23.2 Å². The summed E-state index contributed by atoms with van der Waals surface area (Å²) in [6.07, 6.45) is 3.16. The first-order chi connectivity index (χ1) is 9.58. The Bertz CT molecular complexity index is 660. The fraction of sp³-hybridized carbons (Fsp3) is 0. The molecular weight excluding hydrogens is 301 g/mol. The van der Waals surface area contributed by atoms with Crippen LogP contribution < -0.4 is 10.7 Å². The molecule has 0 spiro atoms. The monoisotopic (exact) mass is 310 g/mol. The average molecular weight is 311 g/mol. The normalized spacial score (nSPS) is 11.2. The van der Waals surface area contributed by atoms with E-state index in [0.29, 0.717) is 21.2 Å². The molecule has 3 N–H and O–H groups in total. The van der Waals surface area contributed by atoms with Crippen LogP contribution in [0.5, 0.6) is 0 Å². The van der Waals surface area contributed by atoms with Crippen LogP contribution in [0, 0.1) is 0 Å². The van der Waals surface area contributed by atoms with Gasteiger partial charge in [0, 0.05) is 16.7 Å². The maximum absolute atomic E-state index is 11.7. The highest BCUT2D eigenvalue weighted by Gasteiger charge is 2.11. The number of hydrogen-bond acceptors (Lipinski definition) is 3. The lowest BCUT2D eigenvalue weighted by Gasteiger charge is -2.03. The molecule has 0 bridgehead atoms. The summed E-state index contributed by atoms with van der Waals surface area (Å²) in [6.45, 7) is 0. The number of amidine groups is 1. The van der Waals surface area contributed by atoms with E-state index >= 15 is 0 Å². The number of nitrogens with two attached hydrogens (primary N) is 1. The molecule has 1 aromatic carbocycles. The average Bonchev–Trinajstić information content (AvgIpc) is 2.45. The predicted octanol–water partition coefficient (Wildman–Crippen LogP) is 2.28. The van der Waals surface area contributed by atoms with Crippen molar-refractivity contribution in [2.24, 2.45) is 10.9 Å². The van der Waals surface area contributed by atoms with Crippen LogP contribution in [0.2, 0.25) is 10.0 Å². The molecule has 7 heteroatoms. The number of hydrogen-bond donors (Lipinski definition) is 1. The second-order valence-corrected chi connectivity index (χ2v) is 4.62. The molecule has 102 valence electrons. The number of benzene rings is 1. The van der Waals surface area contributed by atoms with Gasteiger partial charge in [-0.05, 0) is 24.3 Å². The number of pyridine rings is 1. The fourth-order valence-electron chi connectivity index (χ4n) is 1.41. The molecule has 1 heterocycles. The Morgan fingerprint density at radius 1 is 1.30 bits per heavy atom. The Hall–Kier alpha value is -2.11. The molecule has 0 saturated heterocycles. The minimum atomic E-state index is -0.630. The lowest BCUT2D eigenvalue weighted by Crippen LogP contribution is -2.16. The number of H-pyrrole nitrogens is 1. The number of rotatable bonds is 3. The number of carbonyl (C=O) groups excluding carboxylic acids is 1. The van der Waals surface area contributed by atoms with Crippen molar-refractivity contribution in [3.63, 3.8) is 0 Å². The van der Waals surface area contributed by atoms with Crippen molar-refractivity contribution in [3.8, 4) is 0 Å². The Kier molecular flexibility index (Phi) is 4.55. The van der Waals surface area contributed by atoms with Gasteiger partial charge < -0.3 is 10.6 Å². The maximum atomic E-state index is 11.7. The van der Waals surface area contributed by atoms with Crippen molar-refractivity contribution >= 4 is 35.0 Å². The smallest absolute Gasteiger partial charge is 0.371 e. The van der Waals surface area contributed by atoms with Gasteiger partial charge in [-0.25, -0.2) is 9.78 Å². The molecule has 0 atom stereocenters. The van der Waals surface area contributed by atoms with Gasteiger partial charge >= 0.3 is 5.97 Å². The molecule has 20 heavy (non-hydrogen) atoms. The summed E-state index contributed by atoms with van der Waals surface area (Å²) in [7, 11) is 0. The third-order valence-electron chi connectivity index (χ3n) is 2.38. The fourth-order valence-corrected chi connectivity index (χ4v) is 1.92. The van der Waals surface area contributed by atoms with Crippen molar-refractivity contribution in [1.29, 1.82) is 0 Å². The molecule has 0 saturated carbocycles. The zero-order valence-electron chi connectivity index (χ0n) is 10.1. The molecule has 0 aliphatic carbocycles. The molecule has 2 rings (SSSR count). The largest absolute Gasteiger partial charge is 0.380 e. The van der Waals surface area contributed by atoms with Gasteiger partial charge in [-0.3, -0.25) is 0 Å². The summed E-state index contributed by atoms with van der Waals surface area (Å²) in [6, 6.07) is 7.97. The summed E-state index contributed by atoms with van der Waals surface area (Å²) in [5.74, 6) is -0.644. The van der Waals surface area contributed by atoms with Gasteiger partial charge in [-0.2, -0.15) is 0 Å². The van der Waals surface area contributed by atoms with E-state index in [0.717, 1.165) is 0 Å². The zero-order chi connectivity index (χ0) is 14.5. The molecule has 5 nitrogen and oxygen atoms in total. The van der Waals surface area contributed by atoms with E-state index in [2.05, 4.69) is 10.1 Å². The first-order valence-electron chi connectivity index (χ1n) is 5.54. The first-order valence-corrected chi connectivity index (χ1v) is 6.30. The summed E-state index contributed by atoms with van der Waals surface area (Å²) >= 11 is 11.7. The Balaban J connectivity index is 2.13. The van der Waals surface area contributed by atoms with Crippen molar-refractivity contribution in [2.45, 2.75) is 0 Å². The van der Waals surface area contributed by atoms with Crippen LogP contribution in [-0.2, 0) is 4.84 Å². The van der Waals surface area contributed by atoms with Gasteiger partial charge in [0.15, 0.2) is 18.2 Å². The highest BCUT2D eigenvalue weighted by Crippen LogP contribution is 2.20. The SMILES string of the molecule is NC(=NOC(=O)c1ccc[nH+]c1)c1ccc(Cl)cc1Cl. The highest BCUT2D eigenvalue weighted by atomic mass is 35.5.